The van der Waals surface area contributed by atoms with E-state index in [9.17, 15) is 45.6 Å². The molecule has 0 bridgehead atoms. The molecule has 2 heterocycles. The van der Waals surface area contributed by atoms with E-state index >= 15 is 0 Å². The normalized spacial score (nSPS) is 24.0. The second-order valence-corrected chi connectivity index (χ2v) is 24.3. The van der Waals surface area contributed by atoms with Crippen molar-refractivity contribution in [3.8, 4) is 0 Å². The van der Waals surface area contributed by atoms with Crippen LogP contribution >= 0.6 is 0 Å². The maximum Gasteiger partial charge on any atom is 0.220 e. The molecule has 84 heavy (non-hydrogen) atoms. The highest BCUT2D eigenvalue weighted by atomic mass is 16.7. The van der Waals surface area contributed by atoms with Crippen LogP contribution in [0, 0.1) is 0 Å². The van der Waals surface area contributed by atoms with Gasteiger partial charge in [0.1, 0.15) is 48.8 Å². The minimum atomic E-state index is -1.79. The number of amides is 1. The Bertz CT molecular complexity index is 1640. The zero-order chi connectivity index (χ0) is 60.9. The molecule has 0 aromatic carbocycles. The van der Waals surface area contributed by atoms with Gasteiger partial charge in [-0.2, -0.15) is 0 Å². The summed E-state index contributed by atoms with van der Waals surface area (Å²) < 4.78 is 22.9. The standard InChI is InChI=1S/C70H127NO13/c1-3-5-7-9-11-13-15-17-19-21-23-24-25-26-27-28-29-30-31-32-33-34-36-37-39-41-43-45-47-49-51-53-59(74)58(71-62(75)54-52-50-48-46-44-42-40-38-35-22-20-18-16-14-12-10-8-6-4-2)57-81-69-67(80)65(78)68(61(56-73)83-69)84-70-66(79)64(77)63(76)60(55-72)82-70/h6,8,12,14,18,20,35,38,42,44,58-61,63-70,72-74,76-80H,3-5,7,9-11,13,15-17,19,21-34,36-37,39-41,43,45-57H2,1-2H3,(H,71,75)/b8-6-,14-12-,20-18-,38-35-,44-42-. The molecule has 0 aliphatic carbocycles. The van der Waals surface area contributed by atoms with E-state index in [2.05, 4.69) is 79.9 Å². The summed E-state index contributed by atoms with van der Waals surface area (Å²) in [6.45, 7) is 2.75. The predicted molar refractivity (Wildman–Crippen MR) is 341 cm³/mol. The van der Waals surface area contributed by atoms with Gasteiger partial charge in [0.05, 0.1) is 32.0 Å². The SMILES string of the molecule is CC/C=C\C/C=C\C/C=C\C/C=C\C/C=C\CCCCCC(=O)NC(COC1OC(CO)C(OC2OC(CO)C(O)C(O)C2O)C(O)C1O)C(O)CCCCCCCCCCCCCCCCCCCCCCCCCCCCCCCCC. The van der Waals surface area contributed by atoms with Crippen LogP contribution in [-0.4, -0.2) is 140 Å². The number of allylic oxidation sites excluding steroid dienone is 10. The summed E-state index contributed by atoms with van der Waals surface area (Å²) >= 11 is 0. The first-order valence-corrected chi connectivity index (χ1v) is 34.5. The number of ether oxygens (including phenoxy) is 4. The lowest BCUT2D eigenvalue weighted by Crippen LogP contribution is -2.65. The molecule has 12 unspecified atom stereocenters. The monoisotopic (exact) mass is 1190 g/mol. The number of hydrogen-bond acceptors (Lipinski definition) is 13. The highest BCUT2D eigenvalue weighted by molar-refractivity contribution is 5.76. The molecule has 2 fully saturated rings. The number of carbonyl (C=O) groups excluding carboxylic acids is 1. The number of carbonyl (C=O) groups is 1. The lowest BCUT2D eigenvalue weighted by Gasteiger charge is -2.46. The van der Waals surface area contributed by atoms with Crippen molar-refractivity contribution in [2.75, 3.05) is 19.8 Å². The molecule has 0 spiro atoms. The molecule has 14 heteroatoms. The minimum absolute atomic E-state index is 0.236. The Labute approximate surface area is 511 Å². The Morgan fingerprint density at radius 2 is 0.821 bits per heavy atom. The highest BCUT2D eigenvalue weighted by Crippen LogP contribution is 2.30. The number of unbranched alkanes of at least 4 members (excludes halogenated alkanes) is 33. The largest absolute Gasteiger partial charge is 0.394 e. The maximum atomic E-state index is 13.3. The van der Waals surface area contributed by atoms with Gasteiger partial charge in [-0.3, -0.25) is 4.79 Å². The second-order valence-electron chi connectivity index (χ2n) is 24.3. The van der Waals surface area contributed by atoms with Gasteiger partial charge in [-0.15, -0.1) is 0 Å². The summed E-state index contributed by atoms with van der Waals surface area (Å²) in [7, 11) is 0. The first-order valence-electron chi connectivity index (χ1n) is 34.5. The predicted octanol–water partition coefficient (Wildman–Crippen LogP) is 13.7. The van der Waals surface area contributed by atoms with Crippen LogP contribution in [0.25, 0.3) is 0 Å². The Kier molecular flexibility index (Phi) is 50.8. The average molecular weight is 1190 g/mol. The van der Waals surface area contributed by atoms with Crippen LogP contribution in [0.3, 0.4) is 0 Å². The Hall–Kier alpha value is -2.31. The van der Waals surface area contributed by atoms with Gasteiger partial charge in [0, 0.05) is 6.42 Å². The van der Waals surface area contributed by atoms with Crippen LogP contribution in [0.5, 0.6) is 0 Å². The summed E-state index contributed by atoms with van der Waals surface area (Å²) in [6.07, 6.45) is 55.3. The van der Waals surface area contributed by atoms with Crippen molar-refractivity contribution < 1.29 is 64.6 Å². The van der Waals surface area contributed by atoms with Crippen molar-refractivity contribution in [1.82, 2.24) is 5.32 Å². The molecule has 0 aromatic rings. The summed E-state index contributed by atoms with van der Waals surface area (Å²) in [6, 6.07) is -0.851. The molecular weight excluding hydrogens is 1060 g/mol. The second kappa shape index (κ2) is 54.8. The minimum Gasteiger partial charge on any atom is -0.394 e. The van der Waals surface area contributed by atoms with Crippen LogP contribution in [0.1, 0.15) is 284 Å². The molecule has 0 aromatic heterocycles. The zero-order valence-corrected chi connectivity index (χ0v) is 53.1. The van der Waals surface area contributed by atoms with Gasteiger partial charge in [-0.25, -0.2) is 0 Å². The first-order chi connectivity index (χ1) is 41.1. The number of aliphatic hydroxyl groups excluding tert-OH is 8. The molecular formula is C70H127NO13. The average Bonchev–Trinajstić information content (AvgIpc) is 3.62. The first kappa shape index (κ1) is 77.8. The summed E-state index contributed by atoms with van der Waals surface area (Å²) in [5.41, 5.74) is 0. The molecule has 2 rings (SSSR count). The molecule has 0 radical (unpaired) electrons. The van der Waals surface area contributed by atoms with Gasteiger partial charge < -0.3 is 65.1 Å². The van der Waals surface area contributed by atoms with Crippen LogP contribution in [0.2, 0.25) is 0 Å². The molecule has 9 N–H and O–H groups in total. The van der Waals surface area contributed by atoms with E-state index in [-0.39, 0.29) is 18.9 Å². The lowest BCUT2D eigenvalue weighted by atomic mass is 9.97. The van der Waals surface area contributed by atoms with Gasteiger partial charge in [0.15, 0.2) is 12.6 Å². The molecule has 14 nitrogen and oxygen atoms in total. The smallest absolute Gasteiger partial charge is 0.220 e. The molecule has 2 aliphatic heterocycles. The van der Waals surface area contributed by atoms with E-state index in [1.165, 1.54) is 173 Å². The van der Waals surface area contributed by atoms with Crippen molar-refractivity contribution in [2.24, 2.45) is 0 Å². The van der Waals surface area contributed by atoms with E-state index in [1.807, 2.05) is 0 Å². The van der Waals surface area contributed by atoms with E-state index in [4.69, 9.17) is 18.9 Å². The van der Waals surface area contributed by atoms with Gasteiger partial charge in [0.2, 0.25) is 5.91 Å². The maximum absolute atomic E-state index is 13.3. The van der Waals surface area contributed by atoms with Crippen molar-refractivity contribution in [2.45, 2.75) is 357 Å². The van der Waals surface area contributed by atoms with Crippen molar-refractivity contribution >= 4 is 5.91 Å². The quantitative estimate of drug-likeness (QED) is 0.0204. The van der Waals surface area contributed by atoms with Crippen LogP contribution < -0.4 is 5.32 Å². The molecule has 2 saturated heterocycles. The lowest BCUT2D eigenvalue weighted by molar-refractivity contribution is -0.359. The van der Waals surface area contributed by atoms with E-state index in [0.717, 1.165) is 77.0 Å². The topological polar surface area (TPSA) is 228 Å². The van der Waals surface area contributed by atoms with Gasteiger partial charge in [-0.1, -0.05) is 280 Å². The Balaban J connectivity index is 1.67. The van der Waals surface area contributed by atoms with Crippen LogP contribution in [-0.2, 0) is 23.7 Å². The van der Waals surface area contributed by atoms with Crippen molar-refractivity contribution in [3.63, 3.8) is 0 Å². The Morgan fingerprint density at radius 1 is 0.440 bits per heavy atom. The van der Waals surface area contributed by atoms with E-state index in [0.29, 0.717) is 12.8 Å². The fourth-order valence-corrected chi connectivity index (χ4v) is 11.3. The molecule has 1 amide bonds. The van der Waals surface area contributed by atoms with E-state index < -0.39 is 86.8 Å². The molecule has 12 atom stereocenters. The zero-order valence-electron chi connectivity index (χ0n) is 53.1. The van der Waals surface area contributed by atoms with Crippen molar-refractivity contribution in [1.29, 1.82) is 0 Å². The molecule has 490 valence electrons. The van der Waals surface area contributed by atoms with Crippen LogP contribution in [0.15, 0.2) is 60.8 Å². The highest BCUT2D eigenvalue weighted by Gasteiger charge is 2.51. The fourth-order valence-electron chi connectivity index (χ4n) is 11.3. The summed E-state index contributed by atoms with van der Waals surface area (Å²) in [5, 5.41) is 87.5. The number of rotatable bonds is 56. The fraction of sp³-hybridized carbons (Fsp3) is 0.843. The summed E-state index contributed by atoms with van der Waals surface area (Å²) in [4.78, 5) is 13.3. The van der Waals surface area contributed by atoms with E-state index in [1.54, 1.807) is 0 Å². The van der Waals surface area contributed by atoms with Gasteiger partial charge in [-0.05, 0) is 57.8 Å². The molecule has 2 aliphatic rings. The van der Waals surface area contributed by atoms with Gasteiger partial charge in [0.25, 0.3) is 0 Å². The summed E-state index contributed by atoms with van der Waals surface area (Å²) in [5.74, 6) is -0.236. The Morgan fingerprint density at radius 3 is 1.25 bits per heavy atom. The van der Waals surface area contributed by atoms with Gasteiger partial charge >= 0.3 is 0 Å². The third kappa shape index (κ3) is 38.9. The molecule has 0 saturated carbocycles. The number of hydrogen-bond donors (Lipinski definition) is 9. The van der Waals surface area contributed by atoms with Crippen molar-refractivity contribution in [3.05, 3.63) is 60.8 Å². The number of aliphatic hydroxyl groups is 8. The third-order valence-corrected chi connectivity index (χ3v) is 16.7. The van der Waals surface area contributed by atoms with Crippen LogP contribution in [0.4, 0.5) is 0 Å². The third-order valence-electron chi connectivity index (χ3n) is 16.7. The number of nitrogens with one attached hydrogen (secondary N) is 1.